The average Bonchev–Trinajstić information content (AvgIpc) is 2.65. The molecule has 0 unspecified atom stereocenters. The maximum absolute atomic E-state index is 15.0. The molecule has 1 N–H and O–H groups in total. The van der Waals surface area contributed by atoms with E-state index in [9.17, 15) is 14.4 Å². The van der Waals surface area contributed by atoms with E-state index in [1.807, 2.05) is 0 Å². The molecule has 2 saturated heterocycles. The second-order valence-electron chi connectivity index (χ2n) is 9.18. The summed E-state index contributed by atoms with van der Waals surface area (Å²) in [5, 5.41) is 2.31. The third kappa shape index (κ3) is 5.32. The van der Waals surface area contributed by atoms with Gasteiger partial charge in [0.25, 0.3) is 5.92 Å². The van der Waals surface area contributed by atoms with Gasteiger partial charge >= 0.3 is 6.09 Å². The van der Waals surface area contributed by atoms with Crippen LogP contribution in [-0.4, -0.2) is 60.5 Å². The summed E-state index contributed by atoms with van der Waals surface area (Å²) in [5.41, 5.74) is 0.320. The molecule has 0 saturated carbocycles. The third-order valence-electron chi connectivity index (χ3n) is 5.61. The van der Waals surface area contributed by atoms with Crippen LogP contribution in [0.5, 0.6) is 0 Å². The molecule has 1 aromatic carbocycles. The van der Waals surface area contributed by atoms with Crippen LogP contribution in [0.25, 0.3) is 0 Å². The van der Waals surface area contributed by atoms with E-state index < -0.39 is 36.1 Å². The Labute approximate surface area is 180 Å². The van der Waals surface area contributed by atoms with E-state index in [1.165, 1.54) is 0 Å². The molecular weight excluding hydrogens is 408 g/mol. The van der Waals surface area contributed by atoms with Crippen molar-refractivity contribution < 1.29 is 27.9 Å². The lowest BCUT2D eigenvalue weighted by atomic mass is 9.86. The number of carbonyl (C=O) groups is 3. The predicted molar refractivity (Wildman–Crippen MR) is 111 cm³/mol. The molecule has 0 bridgehead atoms. The minimum Gasteiger partial charge on any atom is -0.444 e. The van der Waals surface area contributed by atoms with Gasteiger partial charge in [0, 0.05) is 25.7 Å². The van der Waals surface area contributed by atoms with Crippen molar-refractivity contribution in [3.05, 3.63) is 29.8 Å². The first-order valence-corrected chi connectivity index (χ1v) is 10.4. The molecule has 2 aliphatic rings. The molecule has 9 heteroatoms. The highest BCUT2D eigenvalue weighted by Gasteiger charge is 2.47. The van der Waals surface area contributed by atoms with Crippen molar-refractivity contribution in [3.63, 3.8) is 0 Å². The van der Waals surface area contributed by atoms with Crippen molar-refractivity contribution in [2.75, 3.05) is 25.0 Å². The lowest BCUT2D eigenvalue weighted by molar-refractivity contribution is -0.134. The van der Waals surface area contributed by atoms with Gasteiger partial charge in [-0.2, -0.15) is 0 Å². The number of alkyl halides is 2. The number of hydrogen-bond donors (Lipinski definition) is 1. The SMILES string of the molecule is CN(c1cccc([C@@H]2CCN(C(=O)OC(C)(C)C)CC2(F)F)c1)[C@H]1CCC(=O)NC1=O. The molecule has 0 radical (unpaired) electrons. The fourth-order valence-electron chi connectivity index (χ4n) is 4.03. The summed E-state index contributed by atoms with van der Waals surface area (Å²) in [4.78, 5) is 38.5. The third-order valence-corrected chi connectivity index (χ3v) is 5.61. The maximum atomic E-state index is 15.0. The zero-order chi connectivity index (χ0) is 23.0. The van der Waals surface area contributed by atoms with Crippen LogP contribution in [0, 0.1) is 0 Å². The topological polar surface area (TPSA) is 79.0 Å². The Hall–Kier alpha value is -2.71. The number of piperidine rings is 2. The van der Waals surface area contributed by atoms with Crippen molar-refractivity contribution in [3.8, 4) is 0 Å². The van der Waals surface area contributed by atoms with Crippen LogP contribution in [0.1, 0.15) is 51.5 Å². The number of benzene rings is 1. The van der Waals surface area contributed by atoms with E-state index >= 15 is 8.78 Å². The minimum atomic E-state index is -3.12. The normalized spacial score (nSPS) is 23.9. The number of hydrogen-bond acceptors (Lipinski definition) is 5. The molecule has 1 aromatic rings. The number of halogens is 2. The van der Waals surface area contributed by atoms with Gasteiger partial charge in [-0.05, 0) is 51.3 Å². The van der Waals surface area contributed by atoms with Gasteiger partial charge in [0.1, 0.15) is 11.6 Å². The molecule has 3 amide bonds. The van der Waals surface area contributed by atoms with Crippen LogP contribution in [0.4, 0.5) is 19.3 Å². The number of nitrogens with zero attached hydrogens (tertiary/aromatic N) is 2. The number of amides is 3. The highest BCUT2D eigenvalue weighted by molar-refractivity contribution is 6.01. The van der Waals surface area contributed by atoms with Gasteiger partial charge in [0.15, 0.2) is 0 Å². The van der Waals surface area contributed by atoms with Crippen molar-refractivity contribution in [1.29, 1.82) is 0 Å². The zero-order valence-corrected chi connectivity index (χ0v) is 18.3. The number of likely N-dealkylation sites (N-methyl/N-ethyl adjacent to an activating group) is 1. The van der Waals surface area contributed by atoms with Gasteiger partial charge in [-0.25, -0.2) is 13.6 Å². The van der Waals surface area contributed by atoms with Crippen LogP contribution in [-0.2, 0) is 14.3 Å². The minimum absolute atomic E-state index is 0.0951. The summed E-state index contributed by atoms with van der Waals surface area (Å²) in [6.07, 6.45) is -0.0353. The Morgan fingerprint density at radius 1 is 1.26 bits per heavy atom. The lowest BCUT2D eigenvalue weighted by Crippen LogP contribution is -2.51. The largest absolute Gasteiger partial charge is 0.444 e. The number of ether oxygens (including phenoxy) is 1. The van der Waals surface area contributed by atoms with Gasteiger partial charge in [-0.15, -0.1) is 0 Å². The number of rotatable bonds is 3. The maximum Gasteiger partial charge on any atom is 0.410 e. The van der Waals surface area contributed by atoms with E-state index in [0.717, 1.165) is 4.90 Å². The van der Waals surface area contributed by atoms with E-state index in [0.29, 0.717) is 17.7 Å². The molecule has 2 fully saturated rings. The Morgan fingerprint density at radius 3 is 2.58 bits per heavy atom. The van der Waals surface area contributed by atoms with E-state index in [-0.39, 0.29) is 31.2 Å². The molecule has 170 valence electrons. The van der Waals surface area contributed by atoms with Crippen molar-refractivity contribution >= 4 is 23.6 Å². The Bertz CT molecular complexity index is 869. The Balaban J connectivity index is 1.74. The summed E-state index contributed by atoms with van der Waals surface area (Å²) in [5.74, 6) is -4.87. The zero-order valence-electron chi connectivity index (χ0n) is 18.3. The summed E-state index contributed by atoms with van der Waals surface area (Å²) in [6.45, 7) is 4.54. The van der Waals surface area contributed by atoms with Gasteiger partial charge in [0.2, 0.25) is 11.8 Å². The lowest BCUT2D eigenvalue weighted by Gasteiger charge is -2.39. The number of imide groups is 1. The Morgan fingerprint density at radius 2 is 1.97 bits per heavy atom. The average molecular weight is 437 g/mol. The molecular formula is C22H29F2N3O4. The van der Waals surface area contributed by atoms with E-state index in [2.05, 4.69) is 5.32 Å². The van der Waals surface area contributed by atoms with E-state index in [1.54, 1.807) is 57.0 Å². The molecule has 2 atom stereocenters. The second-order valence-corrected chi connectivity index (χ2v) is 9.18. The predicted octanol–water partition coefficient (Wildman–Crippen LogP) is 3.29. The van der Waals surface area contributed by atoms with Gasteiger partial charge in [-0.3, -0.25) is 14.9 Å². The molecule has 0 aromatic heterocycles. The second kappa shape index (κ2) is 8.43. The smallest absolute Gasteiger partial charge is 0.410 e. The number of likely N-dealkylation sites (tertiary alicyclic amines) is 1. The molecule has 0 aliphatic carbocycles. The highest BCUT2D eigenvalue weighted by Crippen LogP contribution is 2.41. The monoisotopic (exact) mass is 437 g/mol. The number of carbonyl (C=O) groups excluding carboxylic acids is 3. The first kappa shape index (κ1) is 23.0. The number of anilines is 1. The van der Waals surface area contributed by atoms with Gasteiger partial charge in [-0.1, -0.05) is 12.1 Å². The quantitative estimate of drug-likeness (QED) is 0.735. The molecule has 0 spiro atoms. The van der Waals surface area contributed by atoms with Crippen LogP contribution in [0.15, 0.2) is 24.3 Å². The van der Waals surface area contributed by atoms with E-state index in [4.69, 9.17) is 4.74 Å². The molecule has 2 aliphatic heterocycles. The van der Waals surface area contributed by atoms with Crippen LogP contribution in [0.2, 0.25) is 0 Å². The van der Waals surface area contributed by atoms with Gasteiger partial charge < -0.3 is 14.5 Å². The summed E-state index contributed by atoms with van der Waals surface area (Å²) in [6, 6.07) is 6.20. The molecule has 2 heterocycles. The van der Waals surface area contributed by atoms with Gasteiger partial charge in [0.05, 0.1) is 12.5 Å². The van der Waals surface area contributed by atoms with Crippen molar-refractivity contribution in [2.24, 2.45) is 0 Å². The fourth-order valence-corrected chi connectivity index (χ4v) is 4.03. The Kier molecular flexibility index (Phi) is 6.25. The number of nitrogens with one attached hydrogen (secondary N) is 1. The standard InChI is InChI=1S/C22H29F2N3O4/c1-21(2,3)31-20(30)27-11-10-16(22(23,24)13-27)14-6-5-7-15(12-14)26(4)17-8-9-18(28)25-19(17)29/h5-7,12,16-17H,8-11,13H2,1-4H3,(H,25,28,29)/t16-,17-/m0/s1. The summed E-state index contributed by atoms with van der Waals surface area (Å²) >= 11 is 0. The highest BCUT2D eigenvalue weighted by atomic mass is 19.3. The van der Waals surface area contributed by atoms with Crippen LogP contribution >= 0.6 is 0 Å². The first-order valence-electron chi connectivity index (χ1n) is 10.4. The molecule has 7 nitrogen and oxygen atoms in total. The fraction of sp³-hybridized carbons (Fsp3) is 0.591. The van der Waals surface area contributed by atoms with Crippen molar-refractivity contribution in [2.45, 2.75) is 63.5 Å². The summed E-state index contributed by atoms with van der Waals surface area (Å²) < 4.78 is 35.3. The van der Waals surface area contributed by atoms with Crippen LogP contribution < -0.4 is 10.2 Å². The molecule has 31 heavy (non-hydrogen) atoms. The van der Waals surface area contributed by atoms with Crippen molar-refractivity contribution in [1.82, 2.24) is 10.2 Å². The molecule has 3 rings (SSSR count). The first-order chi connectivity index (χ1) is 14.4. The van der Waals surface area contributed by atoms with Crippen LogP contribution in [0.3, 0.4) is 0 Å². The summed E-state index contributed by atoms with van der Waals surface area (Å²) in [7, 11) is 1.71.